The Hall–Kier alpha value is -3.02. The van der Waals surface area contributed by atoms with Gasteiger partial charge in [0.05, 0.1) is 12.2 Å². The molecular weight excluding hydrogens is 380 g/mol. The minimum atomic E-state index is -0.451. The van der Waals surface area contributed by atoms with E-state index in [0.29, 0.717) is 35.5 Å². The van der Waals surface area contributed by atoms with Crippen molar-refractivity contribution in [1.82, 2.24) is 10.9 Å². The van der Waals surface area contributed by atoms with Gasteiger partial charge in [-0.05, 0) is 54.5 Å². The van der Waals surface area contributed by atoms with Crippen LogP contribution in [0.4, 0.5) is 0 Å². The lowest BCUT2D eigenvalue weighted by atomic mass is 9.99. The van der Waals surface area contributed by atoms with Crippen molar-refractivity contribution in [3.05, 3.63) is 59.7 Å². The predicted octanol–water partition coefficient (Wildman–Crippen LogP) is 4.47. The van der Waals surface area contributed by atoms with E-state index in [1.54, 1.807) is 24.3 Å². The monoisotopic (exact) mass is 412 g/mol. The van der Waals surface area contributed by atoms with Crippen molar-refractivity contribution in [3.8, 4) is 11.5 Å². The topological polar surface area (TPSA) is 76.7 Å². The summed E-state index contributed by atoms with van der Waals surface area (Å²) in [6.45, 7) is 8.86. The number of rotatable bonds is 10. The van der Waals surface area contributed by atoms with Crippen molar-refractivity contribution in [3.63, 3.8) is 0 Å². The number of benzene rings is 2. The van der Waals surface area contributed by atoms with Crippen LogP contribution in [0.5, 0.6) is 11.5 Å². The third kappa shape index (κ3) is 7.43. The Labute approximate surface area is 178 Å². The van der Waals surface area contributed by atoms with Gasteiger partial charge in [0, 0.05) is 0 Å². The minimum absolute atomic E-state index is 0.199. The minimum Gasteiger partial charge on any atom is -0.493 e. The smallest absolute Gasteiger partial charge is 0.276 e. The standard InChI is InChI=1S/C24H32N2O4/c1-5-18(4)19-10-12-20(13-11-19)30-16-23(27)25-26-24(28)21-8-6-7-9-22(21)29-15-14-17(2)3/h6-13,17-18H,5,14-16H2,1-4H3,(H,25,27)(H,26,28). The summed E-state index contributed by atoms with van der Waals surface area (Å²) in [4.78, 5) is 24.4. The summed E-state index contributed by atoms with van der Waals surface area (Å²) >= 11 is 0. The highest BCUT2D eigenvalue weighted by Crippen LogP contribution is 2.21. The molecule has 0 heterocycles. The van der Waals surface area contributed by atoms with Gasteiger partial charge in [-0.25, -0.2) is 0 Å². The van der Waals surface area contributed by atoms with Crippen LogP contribution in [0, 0.1) is 5.92 Å². The molecule has 0 aliphatic carbocycles. The largest absolute Gasteiger partial charge is 0.493 e. The van der Waals surface area contributed by atoms with Crippen molar-refractivity contribution in [2.24, 2.45) is 5.92 Å². The first-order valence-corrected chi connectivity index (χ1v) is 10.4. The summed E-state index contributed by atoms with van der Waals surface area (Å²) in [6.07, 6.45) is 1.95. The molecule has 1 unspecified atom stereocenters. The molecule has 0 bridgehead atoms. The number of carbonyl (C=O) groups is 2. The van der Waals surface area contributed by atoms with Crippen LogP contribution in [-0.2, 0) is 4.79 Å². The van der Waals surface area contributed by atoms with Gasteiger partial charge in [0.2, 0.25) is 0 Å². The summed E-state index contributed by atoms with van der Waals surface area (Å²) in [7, 11) is 0. The second-order valence-electron chi connectivity index (χ2n) is 7.70. The molecule has 2 N–H and O–H groups in total. The van der Waals surface area contributed by atoms with Crippen LogP contribution >= 0.6 is 0 Å². The van der Waals surface area contributed by atoms with E-state index in [0.717, 1.165) is 12.8 Å². The molecule has 6 nitrogen and oxygen atoms in total. The molecule has 0 saturated heterocycles. The van der Waals surface area contributed by atoms with Crippen LogP contribution in [0.1, 0.15) is 62.4 Å². The Morgan fingerprint density at radius 1 is 0.933 bits per heavy atom. The van der Waals surface area contributed by atoms with Crippen molar-refractivity contribution in [2.45, 2.75) is 46.5 Å². The molecule has 2 rings (SSSR count). The van der Waals surface area contributed by atoms with Gasteiger partial charge in [0.25, 0.3) is 11.8 Å². The SMILES string of the molecule is CCC(C)c1ccc(OCC(=O)NNC(=O)c2ccccc2OCCC(C)C)cc1. The second-order valence-corrected chi connectivity index (χ2v) is 7.70. The zero-order valence-electron chi connectivity index (χ0n) is 18.2. The lowest BCUT2D eigenvalue weighted by Crippen LogP contribution is -2.43. The molecule has 0 saturated carbocycles. The van der Waals surface area contributed by atoms with Crippen LogP contribution in [0.25, 0.3) is 0 Å². The van der Waals surface area contributed by atoms with Gasteiger partial charge in [-0.2, -0.15) is 0 Å². The van der Waals surface area contributed by atoms with Crippen LogP contribution in [-0.4, -0.2) is 25.0 Å². The van der Waals surface area contributed by atoms with Gasteiger partial charge in [-0.15, -0.1) is 0 Å². The summed E-state index contributed by atoms with van der Waals surface area (Å²) < 4.78 is 11.2. The second kappa shape index (κ2) is 11.9. The Morgan fingerprint density at radius 3 is 2.30 bits per heavy atom. The van der Waals surface area contributed by atoms with E-state index in [1.807, 2.05) is 24.3 Å². The van der Waals surface area contributed by atoms with Crippen LogP contribution in [0.3, 0.4) is 0 Å². The Bertz CT molecular complexity index is 818. The third-order valence-corrected chi connectivity index (χ3v) is 4.83. The number of amides is 2. The number of hydrogen-bond donors (Lipinski definition) is 2. The molecule has 0 radical (unpaired) electrons. The lowest BCUT2D eigenvalue weighted by molar-refractivity contribution is -0.123. The number of nitrogens with one attached hydrogen (secondary N) is 2. The first-order valence-electron chi connectivity index (χ1n) is 10.4. The van der Waals surface area contributed by atoms with Crippen molar-refractivity contribution >= 4 is 11.8 Å². The lowest BCUT2D eigenvalue weighted by Gasteiger charge is -2.13. The molecule has 0 aromatic heterocycles. The normalized spacial score (nSPS) is 11.6. The van der Waals surface area contributed by atoms with E-state index >= 15 is 0 Å². The highest BCUT2D eigenvalue weighted by Gasteiger charge is 2.13. The first-order chi connectivity index (χ1) is 14.4. The van der Waals surface area contributed by atoms with Gasteiger partial charge in [0.15, 0.2) is 6.61 Å². The third-order valence-electron chi connectivity index (χ3n) is 4.83. The molecule has 2 amide bonds. The predicted molar refractivity (Wildman–Crippen MR) is 118 cm³/mol. The van der Waals surface area contributed by atoms with Gasteiger partial charge < -0.3 is 9.47 Å². The molecule has 1 atom stereocenters. The Kier molecular flexibility index (Phi) is 9.19. The fraction of sp³-hybridized carbons (Fsp3) is 0.417. The first kappa shape index (κ1) is 23.3. The van der Waals surface area contributed by atoms with Gasteiger partial charge >= 0.3 is 0 Å². The highest BCUT2D eigenvalue weighted by atomic mass is 16.5. The quantitative estimate of drug-likeness (QED) is 0.565. The number of para-hydroxylation sites is 1. The zero-order valence-corrected chi connectivity index (χ0v) is 18.2. The number of hydrazine groups is 1. The Morgan fingerprint density at radius 2 is 1.63 bits per heavy atom. The van der Waals surface area contributed by atoms with E-state index in [4.69, 9.17) is 9.47 Å². The fourth-order valence-electron chi connectivity index (χ4n) is 2.69. The van der Waals surface area contributed by atoms with E-state index in [1.165, 1.54) is 5.56 Å². The molecule has 0 aliphatic rings. The van der Waals surface area contributed by atoms with Gasteiger partial charge in [-0.3, -0.25) is 20.4 Å². The number of ether oxygens (including phenoxy) is 2. The summed E-state index contributed by atoms with van der Waals surface area (Å²) in [5.74, 6) is 1.19. The maximum atomic E-state index is 12.4. The molecule has 0 aliphatic heterocycles. The van der Waals surface area contributed by atoms with E-state index < -0.39 is 11.8 Å². The van der Waals surface area contributed by atoms with Crippen LogP contribution in [0.15, 0.2) is 48.5 Å². The zero-order chi connectivity index (χ0) is 21.9. The Balaban J connectivity index is 1.81. The van der Waals surface area contributed by atoms with Crippen molar-refractivity contribution in [2.75, 3.05) is 13.2 Å². The summed E-state index contributed by atoms with van der Waals surface area (Å²) in [5, 5.41) is 0. The van der Waals surface area contributed by atoms with Gasteiger partial charge in [0.1, 0.15) is 11.5 Å². The molecule has 0 spiro atoms. The summed E-state index contributed by atoms with van der Waals surface area (Å²) in [6, 6.07) is 14.6. The maximum Gasteiger partial charge on any atom is 0.276 e. The molecule has 2 aromatic carbocycles. The fourth-order valence-corrected chi connectivity index (χ4v) is 2.69. The van der Waals surface area contributed by atoms with Crippen molar-refractivity contribution in [1.29, 1.82) is 0 Å². The molecule has 6 heteroatoms. The molecular formula is C24H32N2O4. The molecule has 30 heavy (non-hydrogen) atoms. The molecule has 2 aromatic rings. The van der Waals surface area contributed by atoms with E-state index in [-0.39, 0.29) is 6.61 Å². The number of carbonyl (C=O) groups excluding carboxylic acids is 2. The van der Waals surface area contributed by atoms with Crippen molar-refractivity contribution < 1.29 is 19.1 Å². The van der Waals surface area contributed by atoms with E-state index in [2.05, 4.69) is 38.5 Å². The average Bonchev–Trinajstić information content (AvgIpc) is 2.76. The molecule has 0 fully saturated rings. The average molecular weight is 413 g/mol. The highest BCUT2D eigenvalue weighted by molar-refractivity contribution is 5.97. The molecule has 162 valence electrons. The summed E-state index contributed by atoms with van der Waals surface area (Å²) in [5.41, 5.74) is 6.38. The maximum absolute atomic E-state index is 12.4. The van der Waals surface area contributed by atoms with Crippen LogP contribution < -0.4 is 20.3 Å². The van der Waals surface area contributed by atoms with Gasteiger partial charge in [-0.1, -0.05) is 52.0 Å². The number of hydrogen-bond acceptors (Lipinski definition) is 4. The van der Waals surface area contributed by atoms with E-state index in [9.17, 15) is 9.59 Å². The van der Waals surface area contributed by atoms with Crippen LogP contribution in [0.2, 0.25) is 0 Å².